The van der Waals surface area contributed by atoms with Crippen LogP contribution in [0.15, 0.2) is 17.0 Å². The molecule has 0 saturated heterocycles. The summed E-state index contributed by atoms with van der Waals surface area (Å²) in [4.78, 5) is -0.413. The van der Waals surface area contributed by atoms with Crippen LogP contribution in [-0.2, 0) is 32.5 Å². The molecule has 0 aliphatic heterocycles. The molecule has 85 valence electrons. The van der Waals surface area contributed by atoms with Crippen molar-refractivity contribution in [1.82, 2.24) is 15.4 Å². The molecule has 1 heterocycles. The van der Waals surface area contributed by atoms with Crippen molar-refractivity contribution in [1.29, 1.82) is 0 Å². The molecule has 9 heteroatoms. The quantitative estimate of drug-likeness (QED) is 0.379. The van der Waals surface area contributed by atoms with Crippen LogP contribution in [-0.4, -0.2) is 28.4 Å². The number of nitrogens with two attached hydrogens (primary N) is 1. The largest absolute Gasteiger partial charge is 0.398 e. The van der Waals surface area contributed by atoms with E-state index in [0.717, 1.165) is 0 Å². The molecule has 0 bridgehead atoms. The van der Waals surface area contributed by atoms with E-state index in [-0.39, 0.29) is 33.6 Å². The smallest absolute Gasteiger partial charge is 0.298 e. The Bertz CT molecular complexity index is 593. The van der Waals surface area contributed by atoms with E-state index in [1.165, 1.54) is 12.1 Å². The Morgan fingerprint density at radius 2 is 2.00 bits per heavy atom. The summed E-state index contributed by atoms with van der Waals surface area (Å²) in [5.41, 5.74) is 5.71. The van der Waals surface area contributed by atoms with Gasteiger partial charge >= 0.3 is 0 Å². The zero-order valence-electron chi connectivity index (χ0n) is 7.10. The summed E-state index contributed by atoms with van der Waals surface area (Å²) >= 11 is 0. The van der Waals surface area contributed by atoms with Crippen molar-refractivity contribution in [3.63, 3.8) is 0 Å². The number of hydrogen-bond donors (Lipinski definition) is 3. The summed E-state index contributed by atoms with van der Waals surface area (Å²) in [6.07, 6.45) is 0. The van der Waals surface area contributed by atoms with Crippen LogP contribution < -0.4 is 5.73 Å². The van der Waals surface area contributed by atoms with Gasteiger partial charge in [-0.15, -0.1) is 0 Å². The first-order valence-corrected chi connectivity index (χ1v) is 5.00. The van der Waals surface area contributed by atoms with Crippen LogP contribution in [0.4, 0.5) is 5.69 Å². The average Bonchev–Trinajstić information content (AvgIpc) is 2.48. The second-order valence-corrected chi connectivity index (χ2v) is 4.01. The topological polar surface area (TPSA) is 122 Å². The minimum Gasteiger partial charge on any atom is -0.398 e. The van der Waals surface area contributed by atoms with E-state index in [2.05, 4.69) is 15.4 Å². The number of nitrogens with one attached hydrogen (secondary N) is 1. The molecule has 1 radical (unpaired) electrons. The van der Waals surface area contributed by atoms with E-state index < -0.39 is 15.0 Å². The Morgan fingerprint density at radius 1 is 1.33 bits per heavy atom. The molecule has 15 heavy (non-hydrogen) atoms. The molecule has 0 saturated carbocycles. The Labute approximate surface area is 100 Å². The predicted octanol–water partition coefficient (Wildman–Crippen LogP) is -0.216. The fourth-order valence-electron chi connectivity index (χ4n) is 1.17. The number of aromatic nitrogens is 3. The number of nitrogens with zero attached hydrogens (tertiary/aromatic N) is 2. The molecule has 0 amide bonds. The van der Waals surface area contributed by atoms with Crippen molar-refractivity contribution in [3.05, 3.63) is 12.1 Å². The molecule has 4 N–H and O–H groups in total. The third-order valence-corrected chi connectivity index (χ3v) is 2.68. The van der Waals surface area contributed by atoms with Crippen molar-refractivity contribution in [3.8, 4) is 0 Å². The van der Waals surface area contributed by atoms with E-state index in [0.29, 0.717) is 5.52 Å². The number of fused-ring (bicyclic) bond motifs is 1. The molecule has 1 aromatic heterocycles. The minimum atomic E-state index is -4.38. The number of hydrogen-bond acceptors (Lipinski definition) is 5. The van der Waals surface area contributed by atoms with E-state index in [1.54, 1.807) is 0 Å². The first-order valence-electron chi connectivity index (χ1n) is 3.56. The van der Waals surface area contributed by atoms with Crippen LogP contribution in [0.3, 0.4) is 0 Å². The third kappa shape index (κ3) is 2.03. The van der Waals surface area contributed by atoms with Crippen molar-refractivity contribution < 1.29 is 35.4 Å². The number of benzene rings is 1. The van der Waals surface area contributed by atoms with E-state index >= 15 is 0 Å². The van der Waals surface area contributed by atoms with Crippen molar-refractivity contribution in [2.75, 3.05) is 5.73 Å². The van der Waals surface area contributed by atoms with Gasteiger partial charge in [0.15, 0.2) is 0 Å². The Hall–Kier alpha value is -0.930. The molecule has 0 atom stereocenters. The summed E-state index contributed by atoms with van der Waals surface area (Å²) in [5.74, 6) is 0. The fraction of sp³-hybridized carbons (Fsp3) is 0. The van der Waals surface area contributed by atoms with Crippen molar-refractivity contribution >= 4 is 26.8 Å². The summed E-state index contributed by atoms with van der Waals surface area (Å²) in [6, 6.07) is 2.84. The van der Waals surface area contributed by atoms with Gasteiger partial charge in [-0.05, 0) is 12.1 Å². The molecule has 0 fully saturated rings. The second-order valence-electron chi connectivity index (χ2n) is 2.65. The van der Waals surface area contributed by atoms with E-state index in [4.69, 9.17) is 10.3 Å². The average molecular weight is 322 g/mol. The van der Waals surface area contributed by atoms with Gasteiger partial charge in [-0.3, -0.25) is 4.55 Å². The number of nitrogen functional groups attached to an aromatic ring is 1. The van der Waals surface area contributed by atoms with Gasteiger partial charge in [-0.2, -0.15) is 23.8 Å². The van der Waals surface area contributed by atoms with Crippen LogP contribution in [0.5, 0.6) is 0 Å². The first kappa shape index (κ1) is 12.1. The molecule has 2 aromatic rings. The molecular weight excluding hydrogens is 316 g/mol. The molecule has 2 rings (SSSR count). The number of anilines is 1. The van der Waals surface area contributed by atoms with Crippen LogP contribution in [0.25, 0.3) is 11.0 Å². The molecule has 7 nitrogen and oxygen atoms in total. The molecule has 0 unspecified atom stereocenters. The van der Waals surface area contributed by atoms with Gasteiger partial charge in [0, 0.05) is 22.4 Å². The summed E-state index contributed by atoms with van der Waals surface area (Å²) in [6.45, 7) is 0. The standard InChI is InChI=1S/C6H6N4O3S.Ag/c7-3-1-2-4-5(9-10-8-4)6(3)14(11,12)13;/h1-2H,7H2,(H,8,9,10)(H,11,12,13);. The van der Waals surface area contributed by atoms with Gasteiger partial charge in [0.1, 0.15) is 15.9 Å². The predicted molar refractivity (Wildman–Crippen MR) is 48.1 cm³/mol. The molecule has 1 aromatic carbocycles. The fourth-order valence-corrected chi connectivity index (χ4v) is 1.94. The zero-order valence-corrected chi connectivity index (χ0v) is 9.40. The van der Waals surface area contributed by atoms with Gasteiger partial charge in [0.05, 0.1) is 5.69 Å². The maximum absolute atomic E-state index is 11.0. The van der Waals surface area contributed by atoms with Gasteiger partial charge in [0.2, 0.25) is 0 Å². The zero-order chi connectivity index (χ0) is 10.3. The Balaban J connectivity index is 0.00000112. The Morgan fingerprint density at radius 3 is 2.60 bits per heavy atom. The van der Waals surface area contributed by atoms with Gasteiger partial charge in [-0.25, -0.2) is 0 Å². The second kappa shape index (κ2) is 3.91. The summed E-state index contributed by atoms with van der Waals surface area (Å²) in [7, 11) is -4.38. The molecule has 0 aliphatic carbocycles. The summed E-state index contributed by atoms with van der Waals surface area (Å²) < 4.78 is 30.8. The summed E-state index contributed by atoms with van der Waals surface area (Å²) in [5, 5.41) is 9.50. The van der Waals surface area contributed by atoms with Crippen molar-refractivity contribution in [2.45, 2.75) is 4.90 Å². The van der Waals surface area contributed by atoms with Crippen LogP contribution in [0, 0.1) is 0 Å². The van der Waals surface area contributed by atoms with E-state index in [1.807, 2.05) is 0 Å². The normalized spacial score (nSPS) is 11.3. The SMILES string of the molecule is Nc1ccc2n[nH]nc2c1S(=O)(=O)O.[Ag]. The number of H-pyrrole nitrogens is 1. The third-order valence-electron chi connectivity index (χ3n) is 1.73. The number of rotatable bonds is 1. The molecule has 0 aliphatic rings. The maximum atomic E-state index is 11.0. The first-order chi connectivity index (χ1) is 6.50. The maximum Gasteiger partial charge on any atom is 0.298 e. The monoisotopic (exact) mass is 321 g/mol. The van der Waals surface area contributed by atoms with Crippen LogP contribution >= 0.6 is 0 Å². The van der Waals surface area contributed by atoms with Crippen LogP contribution in [0.1, 0.15) is 0 Å². The van der Waals surface area contributed by atoms with Gasteiger partial charge < -0.3 is 5.73 Å². The number of aromatic amines is 1. The Kier molecular flexibility index (Phi) is 3.16. The minimum absolute atomic E-state index is 0. The van der Waals surface area contributed by atoms with Gasteiger partial charge in [0.25, 0.3) is 10.1 Å². The van der Waals surface area contributed by atoms with Gasteiger partial charge in [-0.1, -0.05) is 0 Å². The van der Waals surface area contributed by atoms with E-state index in [9.17, 15) is 8.42 Å². The molecule has 0 spiro atoms. The van der Waals surface area contributed by atoms with Crippen molar-refractivity contribution in [2.24, 2.45) is 0 Å². The van der Waals surface area contributed by atoms with Crippen LogP contribution in [0.2, 0.25) is 0 Å². The molecular formula is C6H6AgN4O3S.